The van der Waals surface area contributed by atoms with Gasteiger partial charge in [0.25, 0.3) is 5.91 Å². The summed E-state index contributed by atoms with van der Waals surface area (Å²) >= 11 is 0. The van der Waals surface area contributed by atoms with Gasteiger partial charge in [-0.3, -0.25) is 4.79 Å². The van der Waals surface area contributed by atoms with Crippen molar-refractivity contribution in [2.75, 3.05) is 20.6 Å². The molecule has 118 valence electrons. The number of rotatable bonds is 5. The predicted octanol–water partition coefficient (Wildman–Crippen LogP) is 3.07. The first kappa shape index (κ1) is 16.2. The molecule has 1 aromatic carbocycles. The van der Waals surface area contributed by atoms with Crippen molar-refractivity contribution in [2.45, 2.75) is 19.9 Å². The third kappa shape index (κ3) is 3.74. The van der Waals surface area contributed by atoms with Crippen LogP contribution in [0, 0.1) is 19.7 Å². The highest BCUT2D eigenvalue weighted by Gasteiger charge is 2.18. The number of aryl methyl sites for hydroxylation is 2. The average Bonchev–Trinajstić information content (AvgIpc) is 2.77. The molecule has 0 aliphatic rings. The van der Waals surface area contributed by atoms with E-state index in [-0.39, 0.29) is 17.8 Å². The van der Waals surface area contributed by atoms with E-state index in [2.05, 4.69) is 5.32 Å². The summed E-state index contributed by atoms with van der Waals surface area (Å²) in [5.74, 6) is 0.841. The fourth-order valence-corrected chi connectivity index (χ4v) is 2.45. The van der Waals surface area contributed by atoms with Crippen LogP contribution in [0.3, 0.4) is 0 Å². The molecule has 0 spiro atoms. The molecule has 0 bridgehead atoms. The quantitative estimate of drug-likeness (QED) is 0.923. The van der Waals surface area contributed by atoms with Gasteiger partial charge in [0, 0.05) is 6.54 Å². The second-order valence-electron chi connectivity index (χ2n) is 5.57. The number of halogens is 1. The minimum absolute atomic E-state index is 0.104. The Morgan fingerprint density at radius 2 is 2.05 bits per heavy atom. The molecule has 1 atom stereocenters. The average molecular weight is 304 g/mol. The van der Waals surface area contributed by atoms with Crippen molar-refractivity contribution in [3.63, 3.8) is 0 Å². The van der Waals surface area contributed by atoms with Crippen LogP contribution >= 0.6 is 0 Å². The van der Waals surface area contributed by atoms with E-state index in [1.54, 1.807) is 26.0 Å². The number of carbonyl (C=O) groups excluding carboxylic acids is 1. The number of likely N-dealkylation sites (N-methyl/N-ethyl adjacent to an activating group) is 1. The summed E-state index contributed by atoms with van der Waals surface area (Å²) in [5.41, 5.74) is 1.36. The zero-order valence-corrected chi connectivity index (χ0v) is 13.3. The molecule has 0 fully saturated rings. The van der Waals surface area contributed by atoms with E-state index in [0.29, 0.717) is 23.6 Å². The van der Waals surface area contributed by atoms with E-state index in [0.717, 1.165) is 5.56 Å². The zero-order chi connectivity index (χ0) is 16.3. The molecule has 1 unspecified atom stereocenters. The van der Waals surface area contributed by atoms with Crippen LogP contribution in [0.25, 0.3) is 0 Å². The number of carbonyl (C=O) groups is 1. The van der Waals surface area contributed by atoms with Crippen molar-refractivity contribution in [3.05, 3.63) is 58.8 Å². The molecular formula is C17H21FN2O2. The molecule has 2 rings (SSSR count). The number of hydrogen-bond acceptors (Lipinski definition) is 3. The van der Waals surface area contributed by atoms with E-state index in [1.165, 1.54) is 12.1 Å². The fourth-order valence-electron chi connectivity index (χ4n) is 2.45. The zero-order valence-electron chi connectivity index (χ0n) is 13.3. The van der Waals surface area contributed by atoms with Crippen LogP contribution < -0.4 is 5.32 Å². The van der Waals surface area contributed by atoms with E-state index < -0.39 is 0 Å². The molecule has 1 amide bonds. The van der Waals surface area contributed by atoms with E-state index in [1.807, 2.05) is 25.1 Å². The van der Waals surface area contributed by atoms with Crippen LogP contribution in [0.5, 0.6) is 0 Å². The first-order valence-corrected chi connectivity index (χ1v) is 7.15. The highest BCUT2D eigenvalue weighted by molar-refractivity contribution is 5.95. The number of nitrogens with one attached hydrogen (secondary N) is 1. The normalized spacial score (nSPS) is 12.5. The van der Waals surface area contributed by atoms with Crippen LogP contribution in [0.15, 0.2) is 34.7 Å². The van der Waals surface area contributed by atoms with Crippen molar-refractivity contribution < 1.29 is 13.6 Å². The summed E-state index contributed by atoms with van der Waals surface area (Å²) in [6.45, 7) is 3.95. The molecule has 0 saturated carbocycles. The monoisotopic (exact) mass is 304 g/mol. The molecule has 4 nitrogen and oxygen atoms in total. The predicted molar refractivity (Wildman–Crippen MR) is 83.3 cm³/mol. The fraction of sp³-hybridized carbons (Fsp3) is 0.353. The molecule has 0 saturated heterocycles. The summed E-state index contributed by atoms with van der Waals surface area (Å²) in [4.78, 5) is 14.2. The van der Waals surface area contributed by atoms with Crippen molar-refractivity contribution in [1.29, 1.82) is 0 Å². The maximum atomic E-state index is 13.4. The second kappa shape index (κ2) is 6.75. The SMILES string of the molecule is Cc1cc(C(=O)NCC(c2cccc(F)c2)N(C)C)c(C)o1. The Kier molecular flexibility index (Phi) is 4.98. The first-order chi connectivity index (χ1) is 10.4. The maximum Gasteiger partial charge on any atom is 0.254 e. The highest BCUT2D eigenvalue weighted by Crippen LogP contribution is 2.19. The lowest BCUT2D eigenvalue weighted by Gasteiger charge is -2.25. The van der Waals surface area contributed by atoms with E-state index in [9.17, 15) is 9.18 Å². The molecule has 0 aliphatic heterocycles. The van der Waals surface area contributed by atoms with Gasteiger partial charge in [0.15, 0.2) is 0 Å². The molecule has 0 aliphatic carbocycles. The topological polar surface area (TPSA) is 45.5 Å². The van der Waals surface area contributed by atoms with Gasteiger partial charge in [-0.05, 0) is 51.7 Å². The van der Waals surface area contributed by atoms with Gasteiger partial charge in [-0.15, -0.1) is 0 Å². The Morgan fingerprint density at radius 1 is 1.32 bits per heavy atom. The lowest BCUT2D eigenvalue weighted by Crippen LogP contribution is -2.34. The van der Waals surface area contributed by atoms with Crippen LogP contribution in [0.4, 0.5) is 4.39 Å². The maximum absolute atomic E-state index is 13.4. The molecule has 22 heavy (non-hydrogen) atoms. The number of nitrogens with zero attached hydrogens (tertiary/aromatic N) is 1. The van der Waals surface area contributed by atoms with Gasteiger partial charge in [-0.2, -0.15) is 0 Å². The summed E-state index contributed by atoms with van der Waals surface area (Å²) < 4.78 is 18.8. The Morgan fingerprint density at radius 3 is 2.59 bits per heavy atom. The Hall–Kier alpha value is -2.14. The summed E-state index contributed by atoms with van der Waals surface area (Å²) in [6, 6.07) is 8.04. The van der Waals surface area contributed by atoms with Gasteiger partial charge in [-0.25, -0.2) is 4.39 Å². The largest absolute Gasteiger partial charge is 0.466 e. The minimum Gasteiger partial charge on any atom is -0.466 e. The van der Waals surface area contributed by atoms with Crippen LogP contribution in [0.1, 0.15) is 33.5 Å². The van der Waals surface area contributed by atoms with Gasteiger partial charge in [0.05, 0.1) is 11.6 Å². The summed E-state index contributed by atoms with van der Waals surface area (Å²) in [6.07, 6.45) is 0. The lowest BCUT2D eigenvalue weighted by molar-refractivity contribution is 0.0940. The van der Waals surface area contributed by atoms with Crippen LogP contribution in [0.2, 0.25) is 0 Å². The van der Waals surface area contributed by atoms with Gasteiger partial charge < -0.3 is 14.6 Å². The standard InChI is InChI=1S/C17H21FN2O2/c1-11-8-15(12(2)22-11)17(21)19-10-16(20(3)4)13-6-5-7-14(18)9-13/h5-9,16H,10H2,1-4H3,(H,19,21). The summed E-state index contributed by atoms with van der Waals surface area (Å²) in [7, 11) is 3.80. The van der Waals surface area contributed by atoms with Crippen molar-refractivity contribution in [1.82, 2.24) is 10.2 Å². The molecule has 5 heteroatoms. The lowest BCUT2D eigenvalue weighted by atomic mass is 10.1. The molecule has 1 heterocycles. The molecule has 2 aromatic rings. The van der Waals surface area contributed by atoms with Gasteiger partial charge in [-0.1, -0.05) is 12.1 Å². The highest BCUT2D eigenvalue weighted by atomic mass is 19.1. The smallest absolute Gasteiger partial charge is 0.254 e. The Labute approximate surface area is 129 Å². The van der Waals surface area contributed by atoms with Gasteiger partial charge in [0.1, 0.15) is 17.3 Å². The molecule has 0 radical (unpaired) electrons. The number of hydrogen-bond donors (Lipinski definition) is 1. The van der Waals surface area contributed by atoms with Crippen molar-refractivity contribution in [2.24, 2.45) is 0 Å². The van der Waals surface area contributed by atoms with Gasteiger partial charge >= 0.3 is 0 Å². The number of amides is 1. The van der Waals surface area contributed by atoms with Crippen LogP contribution in [-0.4, -0.2) is 31.4 Å². The van der Waals surface area contributed by atoms with E-state index >= 15 is 0 Å². The third-order valence-corrected chi connectivity index (χ3v) is 3.60. The van der Waals surface area contributed by atoms with Crippen LogP contribution in [-0.2, 0) is 0 Å². The molecular weight excluding hydrogens is 283 g/mol. The number of furan rings is 1. The first-order valence-electron chi connectivity index (χ1n) is 7.15. The van der Waals surface area contributed by atoms with E-state index in [4.69, 9.17) is 4.42 Å². The Bertz CT molecular complexity index is 664. The van der Waals surface area contributed by atoms with Crippen molar-refractivity contribution >= 4 is 5.91 Å². The molecule has 1 aromatic heterocycles. The Balaban J connectivity index is 2.09. The molecule has 1 N–H and O–H groups in total. The summed E-state index contributed by atoms with van der Waals surface area (Å²) in [5, 5.41) is 2.89. The number of benzene rings is 1. The van der Waals surface area contributed by atoms with Gasteiger partial charge in [0.2, 0.25) is 0 Å². The minimum atomic E-state index is -0.281. The van der Waals surface area contributed by atoms with Crippen molar-refractivity contribution in [3.8, 4) is 0 Å². The third-order valence-electron chi connectivity index (χ3n) is 3.60. The second-order valence-corrected chi connectivity index (χ2v) is 5.57.